The van der Waals surface area contributed by atoms with E-state index in [-0.39, 0.29) is 17.4 Å². The number of hydrogen-bond acceptors (Lipinski definition) is 1. The van der Waals surface area contributed by atoms with Gasteiger partial charge in [-0.25, -0.2) is 0 Å². The van der Waals surface area contributed by atoms with Gasteiger partial charge in [0.2, 0.25) is 0 Å². The number of rotatable bonds is 2. The third kappa shape index (κ3) is 3.43. The van der Waals surface area contributed by atoms with Gasteiger partial charge in [-0.3, -0.25) is 0 Å². The van der Waals surface area contributed by atoms with Crippen LogP contribution in [0.15, 0.2) is 0 Å². The lowest BCUT2D eigenvalue weighted by molar-refractivity contribution is 0.0199. The maximum Gasteiger partial charge on any atom is 0.0623 e. The van der Waals surface area contributed by atoms with Crippen molar-refractivity contribution >= 4 is 0 Å². The van der Waals surface area contributed by atoms with E-state index in [0.29, 0.717) is 6.42 Å². The van der Waals surface area contributed by atoms with Gasteiger partial charge in [0.1, 0.15) is 0 Å². The second kappa shape index (κ2) is 3.78. The van der Waals surface area contributed by atoms with Crippen molar-refractivity contribution in [2.75, 3.05) is 0 Å². The zero-order valence-electron chi connectivity index (χ0n) is 7.89. The predicted molar refractivity (Wildman–Crippen MR) is 48.1 cm³/mol. The van der Waals surface area contributed by atoms with Crippen molar-refractivity contribution in [3.8, 4) is 12.3 Å². The monoisotopic (exact) mass is 154 g/mol. The number of aliphatic hydroxyl groups excluding tert-OH is 1. The molecule has 0 aromatic heterocycles. The van der Waals surface area contributed by atoms with E-state index in [1.807, 2.05) is 27.7 Å². The molecule has 0 aliphatic heterocycles. The first kappa shape index (κ1) is 10.5. The molecule has 0 aromatic rings. The summed E-state index contributed by atoms with van der Waals surface area (Å²) in [7, 11) is 0. The Labute approximate surface area is 69.8 Å². The van der Waals surface area contributed by atoms with Gasteiger partial charge in [-0.05, 0) is 11.3 Å². The van der Waals surface area contributed by atoms with Gasteiger partial charge >= 0.3 is 0 Å². The van der Waals surface area contributed by atoms with E-state index in [2.05, 4.69) is 5.92 Å². The Hall–Kier alpha value is -0.480. The summed E-state index contributed by atoms with van der Waals surface area (Å²) in [4.78, 5) is 0. The van der Waals surface area contributed by atoms with Crippen LogP contribution in [-0.4, -0.2) is 11.2 Å². The van der Waals surface area contributed by atoms with Gasteiger partial charge in [0.05, 0.1) is 6.10 Å². The third-order valence-electron chi connectivity index (χ3n) is 1.87. The lowest BCUT2D eigenvalue weighted by atomic mass is 9.81. The van der Waals surface area contributed by atoms with Gasteiger partial charge in [-0.15, -0.1) is 12.3 Å². The summed E-state index contributed by atoms with van der Waals surface area (Å²) in [5.41, 5.74) is -0.0593. The highest BCUT2D eigenvalue weighted by molar-refractivity contribution is 4.90. The largest absolute Gasteiger partial charge is 0.392 e. The summed E-state index contributed by atoms with van der Waals surface area (Å²) in [6.07, 6.45) is 5.49. The van der Waals surface area contributed by atoms with Crippen molar-refractivity contribution in [1.82, 2.24) is 0 Å². The predicted octanol–water partition coefficient (Wildman–Crippen LogP) is 2.05. The molecule has 0 radical (unpaired) electrons. The molecule has 0 unspecified atom stereocenters. The number of aliphatic hydroxyl groups is 1. The minimum atomic E-state index is -0.307. The highest BCUT2D eigenvalue weighted by atomic mass is 16.3. The van der Waals surface area contributed by atoms with E-state index < -0.39 is 0 Å². The Morgan fingerprint density at radius 3 is 2.18 bits per heavy atom. The summed E-state index contributed by atoms with van der Waals surface area (Å²) >= 11 is 0. The number of terminal acetylenes is 1. The van der Waals surface area contributed by atoms with Gasteiger partial charge in [-0.1, -0.05) is 27.7 Å². The van der Waals surface area contributed by atoms with Crippen LogP contribution in [0.5, 0.6) is 0 Å². The van der Waals surface area contributed by atoms with Crippen LogP contribution in [0.2, 0.25) is 0 Å². The van der Waals surface area contributed by atoms with E-state index in [4.69, 9.17) is 6.42 Å². The average molecular weight is 154 g/mol. The average Bonchev–Trinajstić information content (AvgIpc) is 1.85. The first-order valence-electron chi connectivity index (χ1n) is 4.01. The van der Waals surface area contributed by atoms with Crippen molar-refractivity contribution in [3.63, 3.8) is 0 Å². The molecule has 64 valence electrons. The molecule has 0 fully saturated rings. The zero-order chi connectivity index (χ0) is 9.07. The molecule has 0 saturated heterocycles. The fraction of sp³-hybridized carbons (Fsp3) is 0.800. The molecule has 0 spiro atoms. The maximum atomic E-state index is 9.69. The molecular formula is C10H18O. The van der Waals surface area contributed by atoms with Crippen LogP contribution in [0.3, 0.4) is 0 Å². The smallest absolute Gasteiger partial charge is 0.0623 e. The standard InChI is InChI=1S/C10H18O/c1-6-7-8(2)9(11)10(3,4)5/h1,8-9,11H,7H2,2-5H3/t8-,9+/m0/s1. The van der Waals surface area contributed by atoms with Crippen molar-refractivity contribution in [1.29, 1.82) is 0 Å². The molecule has 1 heteroatoms. The quantitative estimate of drug-likeness (QED) is 0.603. The molecule has 0 bridgehead atoms. The van der Waals surface area contributed by atoms with Crippen molar-refractivity contribution in [2.45, 2.75) is 40.2 Å². The highest BCUT2D eigenvalue weighted by Crippen LogP contribution is 2.26. The first-order chi connectivity index (χ1) is 4.89. The van der Waals surface area contributed by atoms with Crippen molar-refractivity contribution < 1.29 is 5.11 Å². The molecule has 0 heterocycles. The van der Waals surface area contributed by atoms with Crippen LogP contribution in [0.1, 0.15) is 34.1 Å². The van der Waals surface area contributed by atoms with E-state index in [1.54, 1.807) is 0 Å². The molecule has 1 N–H and O–H groups in total. The molecule has 11 heavy (non-hydrogen) atoms. The van der Waals surface area contributed by atoms with Crippen LogP contribution in [0.25, 0.3) is 0 Å². The van der Waals surface area contributed by atoms with Crippen LogP contribution in [-0.2, 0) is 0 Å². The van der Waals surface area contributed by atoms with Crippen LogP contribution in [0.4, 0.5) is 0 Å². The van der Waals surface area contributed by atoms with E-state index in [1.165, 1.54) is 0 Å². The van der Waals surface area contributed by atoms with E-state index >= 15 is 0 Å². The zero-order valence-corrected chi connectivity index (χ0v) is 7.89. The molecule has 0 aliphatic rings. The van der Waals surface area contributed by atoms with Gasteiger partial charge < -0.3 is 5.11 Å². The minimum absolute atomic E-state index is 0.0593. The lowest BCUT2D eigenvalue weighted by Crippen LogP contribution is -2.32. The molecule has 1 nitrogen and oxygen atoms in total. The Kier molecular flexibility index (Phi) is 3.62. The summed E-state index contributed by atoms with van der Waals surface area (Å²) in [6, 6.07) is 0. The van der Waals surface area contributed by atoms with E-state index in [0.717, 1.165) is 0 Å². The topological polar surface area (TPSA) is 20.2 Å². The van der Waals surface area contributed by atoms with Gasteiger partial charge in [-0.2, -0.15) is 0 Å². The Morgan fingerprint density at radius 2 is 1.91 bits per heavy atom. The van der Waals surface area contributed by atoms with Crippen LogP contribution < -0.4 is 0 Å². The Bertz CT molecular complexity index is 147. The molecule has 0 rings (SSSR count). The second-order valence-corrected chi connectivity index (χ2v) is 4.20. The first-order valence-corrected chi connectivity index (χ1v) is 4.01. The van der Waals surface area contributed by atoms with Gasteiger partial charge in [0.15, 0.2) is 0 Å². The molecule has 0 aromatic carbocycles. The second-order valence-electron chi connectivity index (χ2n) is 4.20. The summed E-state index contributed by atoms with van der Waals surface area (Å²) in [6.45, 7) is 8.04. The third-order valence-corrected chi connectivity index (χ3v) is 1.87. The molecular weight excluding hydrogens is 136 g/mol. The molecule has 0 amide bonds. The summed E-state index contributed by atoms with van der Waals surface area (Å²) in [5.74, 6) is 2.75. The van der Waals surface area contributed by atoms with Crippen molar-refractivity contribution in [3.05, 3.63) is 0 Å². The van der Waals surface area contributed by atoms with Gasteiger partial charge in [0.25, 0.3) is 0 Å². The Morgan fingerprint density at radius 1 is 1.45 bits per heavy atom. The SMILES string of the molecule is C#CC[C@H](C)[C@@H](O)C(C)(C)C. The fourth-order valence-electron chi connectivity index (χ4n) is 1.15. The lowest BCUT2D eigenvalue weighted by Gasteiger charge is -2.29. The summed E-state index contributed by atoms with van der Waals surface area (Å²) in [5, 5.41) is 9.69. The maximum absolute atomic E-state index is 9.69. The van der Waals surface area contributed by atoms with Crippen LogP contribution in [0, 0.1) is 23.7 Å². The molecule has 0 aliphatic carbocycles. The fourth-order valence-corrected chi connectivity index (χ4v) is 1.15. The normalized spacial score (nSPS) is 17.1. The highest BCUT2D eigenvalue weighted by Gasteiger charge is 2.26. The summed E-state index contributed by atoms with van der Waals surface area (Å²) < 4.78 is 0. The van der Waals surface area contributed by atoms with Gasteiger partial charge in [0, 0.05) is 6.42 Å². The minimum Gasteiger partial charge on any atom is -0.392 e. The molecule has 2 atom stereocenters. The molecule has 0 saturated carbocycles. The van der Waals surface area contributed by atoms with Crippen LogP contribution >= 0.6 is 0 Å². The number of hydrogen-bond donors (Lipinski definition) is 1. The Balaban J connectivity index is 4.04. The van der Waals surface area contributed by atoms with E-state index in [9.17, 15) is 5.11 Å². The van der Waals surface area contributed by atoms with Crippen molar-refractivity contribution in [2.24, 2.45) is 11.3 Å².